The van der Waals surface area contributed by atoms with E-state index in [1.807, 2.05) is 0 Å². The van der Waals surface area contributed by atoms with E-state index in [1.54, 1.807) is 35.7 Å². The quantitative estimate of drug-likeness (QED) is 0.683. The zero-order valence-electron chi connectivity index (χ0n) is 13.5. The van der Waals surface area contributed by atoms with Gasteiger partial charge in [0.25, 0.3) is 5.91 Å². The summed E-state index contributed by atoms with van der Waals surface area (Å²) in [5.74, 6) is -0.704. The van der Waals surface area contributed by atoms with Gasteiger partial charge in [0.2, 0.25) is 5.91 Å². The van der Waals surface area contributed by atoms with Crippen LogP contribution in [0, 0.1) is 0 Å². The van der Waals surface area contributed by atoms with E-state index >= 15 is 0 Å². The van der Waals surface area contributed by atoms with Gasteiger partial charge in [0.15, 0.2) is 5.13 Å². The number of hydrogen-bond donors (Lipinski definition) is 2. The van der Waals surface area contributed by atoms with Gasteiger partial charge in [0.1, 0.15) is 6.61 Å². The molecule has 0 saturated carbocycles. The molecule has 2 amide bonds. The highest BCUT2D eigenvalue weighted by Crippen LogP contribution is 2.17. The molecule has 0 bridgehead atoms. The SMILES string of the molecule is O=C(Cc1csc(NC(=O)c2ccccc2)n1)NCCOCC(F)(F)F. The molecule has 26 heavy (non-hydrogen) atoms. The second-order valence-corrected chi connectivity index (χ2v) is 6.02. The molecule has 0 unspecified atom stereocenters. The van der Waals surface area contributed by atoms with Crippen molar-refractivity contribution in [3.63, 3.8) is 0 Å². The molecule has 1 aromatic heterocycles. The van der Waals surface area contributed by atoms with E-state index in [4.69, 9.17) is 0 Å². The number of rotatable bonds is 8. The molecule has 2 aromatic rings. The second-order valence-electron chi connectivity index (χ2n) is 5.16. The second kappa shape index (κ2) is 9.30. The molecule has 0 fully saturated rings. The van der Waals surface area contributed by atoms with E-state index in [0.717, 1.165) is 0 Å². The lowest BCUT2D eigenvalue weighted by atomic mass is 10.2. The van der Waals surface area contributed by atoms with Gasteiger partial charge in [0, 0.05) is 17.5 Å². The molecule has 0 aliphatic rings. The van der Waals surface area contributed by atoms with Crippen LogP contribution in [0.25, 0.3) is 0 Å². The zero-order chi connectivity index (χ0) is 19.0. The maximum absolute atomic E-state index is 12.0. The van der Waals surface area contributed by atoms with Crippen molar-refractivity contribution in [3.8, 4) is 0 Å². The normalized spacial score (nSPS) is 11.2. The van der Waals surface area contributed by atoms with E-state index < -0.39 is 18.7 Å². The van der Waals surface area contributed by atoms with Gasteiger partial charge in [-0.25, -0.2) is 4.98 Å². The van der Waals surface area contributed by atoms with E-state index in [1.165, 1.54) is 11.3 Å². The first-order valence-corrected chi connectivity index (χ1v) is 8.43. The number of benzene rings is 1. The largest absolute Gasteiger partial charge is 0.411 e. The van der Waals surface area contributed by atoms with Crippen molar-refractivity contribution >= 4 is 28.3 Å². The van der Waals surface area contributed by atoms with Crippen molar-refractivity contribution in [2.75, 3.05) is 25.1 Å². The summed E-state index contributed by atoms with van der Waals surface area (Å²) < 4.78 is 40.0. The van der Waals surface area contributed by atoms with Crippen LogP contribution < -0.4 is 10.6 Å². The number of carbonyl (C=O) groups excluding carboxylic acids is 2. The molecule has 1 aromatic carbocycles. The van der Waals surface area contributed by atoms with Gasteiger partial charge in [-0.05, 0) is 12.1 Å². The first-order valence-electron chi connectivity index (χ1n) is 7.55. The van der Waals surface area contributed by atoms with Gasteiger partial charge >= 0.3 is 6.18 Å². The highest BCUT2D eigenvalue weighted by atomic mass is 32.1. The van der Waals surface area contributed by atoms with E-state index in [2.05, 4.69) is 20.4 Å². The van der Waals surface area contributed by atoms with Crippen molar-refractivity contribution in [3.05, 3.63) is 47.0 Å². The van der Waals surface area contributed by atoms with Crippen LogP contribution in [0.1, 0.15) is 16.1 Å². The number of nitrogens with one attached hydrogen (secondary N) is 2. The number of carbonyl (C=O) groups is 2. The summed E-state index contributed by atoms with van der Waals surface area (Å²) in [6.07, 6.45) is -4.43. The van der Waals surface area contributed by atoms with Crippen LogP contribution in [0.3, 0.4) is 0 Å². The van der Waals surface area contributed by atoms with Gasteiger partial charge in [-0.3, -0.25) is 14.9 Å². The molecule has 0 radical (unpaired) electrons. The van der Waals surface area contributed by atoms with Crippen LogP contribution in [0.5, 0.6) is 0 Å². The van der Waals surface area contributed by atoms with Gasteiger partial charge in [-0.1, -0.05) is 18.2 Å². The third-order valence-corrected chi connectivity index (χ3v) is 3.79. The summed E-state index contributed by atoms with van der Waals surface area (Å²) in [7, 11) is 0. The minimum atomic E-state index is -4.38. The topological polar surface area (TPSA) is 80.3 Å². The van der Waals surface area contributed by atoms with Crippen LogP contribution in [0.15, 0.2) is 35.7 Å². The maximum Gasteiger partial charge on any atom is 0.411 e. The van der Waals surface area contributed by atoms with Crippen LogP contribution in [0.2, 0.25) is 0 Å². The molecular weight excluding hydrogens is 371 g/mol. The summed E-state index contributed by atoms with van der Waals surface area (Å²) in [6, 6.07) is 8.61. The molecular formula is C16H16F3N3O3S. The molecule has 0 spiro atoms. The van der Waals surface area contributed by atoms with Gasteiger partial charge in [0.05, 0.1) is 18.7 Å². The Balaban J connectivity index is 1.72. The Kier molecular flexibility index (Phi) is 7.10. The fourth-order valence-corrected chi connectivity index (χ4v) is 2.59. The molecule has 0 aliphatic carbocycles. The van der Waals surface area contributed by atoms with E-state index in [0.29, 0.717) is 16.4 Å². The van der Waals surface area contributed by atoms with Crippen LogP contribution in [-0.2, 0) is 16.0 Å². The lowest BCUT2D eigenvalue weighted by molar-refractivity contribution is -0.173. The third-order valence-electron chi connectivity index (χ3n) is 2.98. The van der Waals surface area contributed by atoms with E-state index in [9.17, 15) is 22.8 Å². The highest BCUT2D eigenvalue weighted by molar-refractivity contribution is 7.14. The van der Waals surface area contributed by atoms with Crippen LogP contribution >= 0.6 is 11.3 Å². The molecule has 0 atom stereocenters. The van der Waals surface area contributed by atoms with E-state index in [-0.39, 0.29) is 25.5 Å². The molecule has 140 valence electrons. The molecule has 6 nitrogen and oxygen atoms in total. The molecule has 10 heteroatoms. The summed E-state index contributed by atoms with van der Waals surface area (Å²) >= 11 is 1.18. The van der Waals surface area contributed by atoms with Gasteiger partial charge in [-0.15, -0.1) is 11.3 Å². The number of aromatic nitrogens is 1. The number of thiazole rings is 1. The Hall–Kier alpha value is -2.46. The number of anilines is 1. The van der Waals surface area contributed by atoms with Crippen molar-refractivity contribution < 1.29 is 27.5 Å². The Labute approximate surface area is 151 Å². The maximum atomic E-state index is 12.0. The standard InChI is InChI=1S/C16H16F3N3O3S/c17-16(18,19)10-25-7-6-20-13(23)8-12-9-26-15(21-12)22-14(24)11-4-2-1-3-5-11/h1-5,9H,6-8,10H2,(H,20,23)(H,21,22,24). The Bertz CT molecular complexity index is 735. The molecule has 2 N–H and O–H groups in total. The number of halogens is 3. The first kappa shape index (κ1) is 19.9. The molecule has 1 heterocycles. The molecule has 2 rings (SSSR count). The first-order chi connectivity index (χ1) is 12.3. The summed E-state index contributed by atoms with van der Waals surface area (Å²) in [4.78, 5) is 27.9. The fraction of sp³-hybridized carbons (Fsp3) is 0.312. The third kappa shape index (κ3) is 7.19. The average Bonchev–Trinajstić information content (AvgIpc) is 3.01. The monoisotopic (exact) mass is 387 g/mol. The lowest BCUT2D eigenvalue weighted by Crippen LogP contribution is -2.30. The van der Waals surface area contributed by atoms with Crippen molar-refractivity contribution in [2.24, 2.45) is 0 Å². The Morgan fingerprint density at radius 1 is 1.19 bits per heavy atom. The highest BCUT2D eigenvalue weighted by Gasteiger charge is 2.27. The summed E-state index contributed by atoms with van der Waals surface area (Å²) in [6.45, 7) is -1.61. The smallest absolute Gasteiger partial charge is 0.370 e. The minimum absolute atomic E-state index is 0.0311. The Morgan fingerprint density at radius 2 is 1.92 bits per heavy atom. The number of ether oxygens (including phenoxy) is 1. The minimum Gasteiger partial charge on any atom is -0.370 e. The van der Waals surface area contributed by atoms with Crippen LogP contribution in [-0.4, -0.2) is 42.7 Å². The number of hydrogen-bond acceptors (Lipinski definition) is 5. The number of alkyl halides is 3. The average molecular weight is 387 g/mol. The summed E-state index contributed by atoms with van der Waals surface area (Å²) in [5, 5.41) is 7.06. The predicted octanol–water partition coefficient (Wildman–Crippen LogP) is 2.63. The van der Waals surface area contributed by atoms with Crippen molar-refractivity contribution in [1.29, 1.82) is 0 Å². The zero-order valence-corrected chi connectivity index (χ0v) is 14.3. The van der Waals surface area contributed by atoms with Crippen molar-refractivity contribution in [2.45, 2.75) is 12.6 Å². The lowest BCUT2D eigenvalue weighted by Gasteiger charge is -2.08. The number of nitrogens with zero attached hydrogens (tertiary/aromatic N) is 1. The Morgan fingerprint density at radius 3 is 2.62 bits per heavy atom. The summed E-state index contributed by atoms with van der Waals surface area (Å²) in [5.41, 5.74) is 0.938. The van der Waals surface area contributed by atoms with Crippen LogP contribution in [0.4, 0.5) is 18.3 Å². The van der Waals surface area contributed by atoms with Gasteiger partial charge in [-0.2, -0.15) is 13.2 Å². The molecule has 0 saturated heterocycles. The predicted molar refractivity (Wildman–Crippen MR) is 90.1 cm³/mol. The van der Waals surface area contributed by atoms with Crippen molar-refractivity contribution in [1.82, 2.24) is 10.3 Å². The number of amides is 2. The van der Waals surface area contributed by atoms with Gasteiger partial charge < -0.3 is 10.1 Å². The molecule has 0 aliphatic heterocycles. The fourth-order valence-electron chi connectivity index (χ4n) is 1.88.